The van der Waals surface area contributed by atoms with Crippen molar-refractivity contribution in [2.75, 3.05) is 31.5 Å². The molecule has 1 saturated heterocycles. The summed E-state index contributed by atoms with van der Waals surface area (Å²) < 4.78 is 37.2. The highest BCUT2D eigenvalue weighted by molar-refractivity contribution is 5.80. The number of nitrogens with zero attached hydrogens (tertiary/aromatic N) is 2. The summed E-state index contributed by atoms with van der Waals surface area (Å²) in [5.41, 5.74) is -1.00. The zero-order valence-electron chi connectivity index (χ0n) is 10.5. The van der Waals surface area contributed by atoms with E-state index < -0.39 is 11.9 Å². The molecule has 1 aliphatic rings. The monoisotopic (exact) mass is 289 g/mol. The van der Waals surface area contributed by atoms with Crippen molar-refractivity contribution in [3.8, 4) is 0 Å². The van der Waals surface area contributed by atoms with Gasteiger partial charge in [0.2, 0.25) is 11.9 Å². The molecule has 20 heavy (non-hydrogen) atoms. The van der Waals surface area contributed by atoms with Crippen molar-refractivity contribution in [3.05, 3.63) is 18.0 Å². The first kappa shape index (κ1) is 14.5. The second kappa shape index (κ2) is 6.04. The minimum absolute atomic E-state index is 0.0141. The SMILES string of the molecule is O=C(NCCNc1nccc(C(F)(F)F)n1)C1CNC1. The van der Waals surface area contributed by atoms with Crippen molar-refractivity contribution >= 4 is 11.9 Å². The van der Waals surface area contributed by atoms with Crippen LogP contribution in [-0.2, 0) is 11.0 Å². The molecular formula is C11H14F3N5O. The maximum atomic E-state index is 12.4. The zero-order chi connectivity index (χ0) is 14.6. The Hall–Kier alpha value is -1.90. The van der Waals surface area contributed by atoms with E-state index in [-0.39, 0.29) is 24.3 Å². The molecule has 2 heterocycles. The van der Waals surface area contributed by atoms with Gasteiger partial charge in [0.05, 0.1) is 5.92 Å². The average Bonchev–Trinajstić information content (AvgIpc) is 2.32. The standard InChI is InChI=1S/C11H14F3N5O/c12-11(13,14)8-1-2-17-10(19-8)18-4-3-16-9(20)7-5-15-6-7/h1-2,7,15H,3-6H2,(H,16,20)(H,17,18,19). The molecule has 1 aromatic heterocycles. The van der Waals surface area contributed by atoms with Gasteiger partial charge in [-0.15, -0.1) is 0 Å². The van der Waals surface area contributed by atoms with Gasteiger partial charge in [0.15, 0.2) is 0 Å². The van der Waals surface area contributed by atoms with Gasteiger partial charge < -0.3 is 16.0 Å². The van der Waals surface area contributed by atoms with Crippen LogP contribution < -0.4 is 16.0 Å². The highest BCUT2D eigenvalue weighted by atomic mass is 19.4. The third kappa shape index (κ3) is 3.80. The van der Waals surface area contributed by atoms with Crippen LogP contribution in [0.15, 0.2) is 12.3 Å². The minimum atomic E-state index is -4.50. The minimum Gasteiger partial charge on any atom is -0.354 e. The number of hydrogen-bond donors (Lipinski definition) is 3. The van der Waals surface area contributed by atoms with E-state index in [0.29, 0.717) is 19.6 Å². The molecule has 0 radical (unpaired) electrons. The Morgan fingerprint density at radius 3 is 2.75 bits per heavy atom. The summed E-state index contributed by atoms with van der Waals surface area (Å²) in [5.74, 6) is -0.185. The Bertz CT molecular complexity index is 475. The third-order valence-corrected chi connectivity index (χ3v) is 2.81. The number of aromatic nitrogens is 2. The summed E-state index contributed by atoms with van der Waals surface area (Å²) in [6.45, 7) is 1.88. The summed E-state index contributed by atoms with van der Waals surface area (Å²) in [4.78, 5) is 18.5. The Kier molecular flexibility index (Phi) is 4.38. The summed E-state index contributed by atoms with van der Waals surface area (Å²) >= 11 is 0. The molecule has 0 spiro atoms. The number of anilines is 1. The van der Waals surface area contributed by atoms with E-state index in [1.807, 2.05) is 0 Å². The lowest BCUT2D eigenvalue weighted by Gasteiger charge is -2.25. The number of nitrogens with one attached hydrogen (secondary N) is 3. The molecule has 1 aromatic rings. The van der Waals surface area contributed by atoms with E-state index in [1.54, 1.807) is 0 Å². The van der Waals surface area contributed by atoms with Crippen molar-refractivity contribution in [1.29, 1.82) is 0 Å². The summed E-state index contributed by atoms with van der Waals surface area (Å²) in [7, 11) is 0. The molecule has 110 valence electrons. The predicted octanol–water partition coefficient (Wildman–Crippen LogP) is 0.243. The van der Waals surface area contributed by atoms with Gasteiger partial charge in [0, 0.05) is 32.4 Å². The first-order valence-electron chi connectivity index (χ1n) is 6.09. The van der Waals surface area contributed by atoms with Gasteiger partial charge in [-0.25, -0.2) is 9.97 Å². The van der Waals surface area contributed by atoms with Crippen LogP contribution >= 0.6 is 0 Å². The van der Waals surface area contributed by atoms with Crippen molar-refractivity contribution in [1.82, 2.24) is 20.6 Å². The van der Waals surface area contributed by atoms with Gasteiger partial charge in [-0.2, -0.15) is 13.2 Å². The zero-order valence-corrected chi connectivity index (χ0v) is 10.5. The molecule has 9 heteroatoms. The Labute approximate surface area is 113 Å². The number of alkyl halides is 3. The van der Waals surface area contributed by atoms with Gasteiger partial charge in [-0.3, -0.25) is 4.79 Å². The fraction of sp³-hybridized carbons (Fsp3) is 0.545. The number of carbonyl (C=O) groups is 1. The van der Waals surface area contributed by atoms with Crippen LogP contribution in [0.2, 0.25) is 0 Å². The van der Waals surface area contributed by atoms with E-state index in [4.69, 9.17) is 0 Å². The maximum absolute atomic E-state index is 12.4. The van der Waals surface area contributed by atoms with Crippen LogP contribution in [0.5, 0.6) is 0 Å². The highest BCUT2D eigenvalue weighted by Crippen LogP contribution is 2.27. The second-order valence-corrected chi connectivity index (χ2v) is 4.34. The van der Waals surface area contributed by atoms with Crippen LogP contribution in [0.4, 0.5) is 19.1 Å². The quantitative estimate of drug-likeness (QED) is 0.677. The lowest BCUT2D eigenvalue weighted by Crippen LogP contribution is -2.51. The summed E-state index contributed by atoms with van der Waals surface area (Å²) in [6.07, 6.45) is -3.46. The van der Waals surface area contributed by atoms with Gasteiger partial charge in [-0.1, -0.05) is 0 Å². The number of halogens is 3. The maximum Gasteiger partial charge on any atom is 0.433 e. The van der Waals surface area contributed by atoms with Crippen molar-refractivity contribution < 1.29 is 18.0 Å². The molecule has 2 rings (SSSR count). The highest BCUT2D eigenvalue weighted by Gasteiger charge is 2.32. The predicted molar refractivity (Wildman–Crippen MR) is 64.9 cm³/mol. The molecule has 0 atom stereocenters. The molecule has 1 fully saturated rings. The van der Waals surface area contributed by atoms with E-state index in [9.17, 15) is 18.0 Å². The lowest BCUT2D eigenvalue weighted by molar-refractivity contribution is -0.141. The normalized spacial score (nSPS) is 15.6. The van der Waals surface area contributed by atoms with Crippen molar-refractivity contribution in [2.45, 2.75) is 6.18 Å². The molecule has 0 aliphatic carbocycles. The molecule has 0 saturated carbocycles. The van der Waals surface area contributed by atoms with Crippen LogP contribution in [0.25, 0.3) is 0 Å². The first-order valence-corrected chi connectivity index (χ1v) is 6.09. The van der Waals surface area contributed by atoms with Crippen LogP contribution in [0.1, 0.15) is 5.69 Å². The smallest absolute Gasteiger partial charge is 0.354 e. The lowest BCUT2D eigenvalue weighted by atomic mass is 10.0. The summed E-state index contributed by atoms with van der Waals surface area (Å²) in [5, 5.41) is 8.29. The van der Waals surface area contributed by atoms with E-state index in [1.165, 1.54) is 0 Å². The molecule has 1 aliphatic heterocycles. The fourth-order valence-corrected chi connectivity index (χ4v) is 1.58. The Morgan fingerprint density at radius 1 is 1.40 bits per heavy atom. The Morgan fingerprint density at radius 2 is 2.15 bits per heavy atom. The molecular weight excluding hydrogens is 275 g/mol. The molecule has 3 N–H and O–H groups in total. The van der Waals surface area contributed by atoms with Crippen LogP contribution in [0.3, 0.4) is 0 Å². The summed E-state index contributed by atoms with van der Waals surface area (Å²) in [6, 6.07) is 0.802. The van der Waals surface area contributed by atoms with Gasteiger partial charge in [-0.05, 0) is 6.07 Å². The third-order valence-electron chi connectivity index (χ3n) is 2.81. The van der Waals surface area contributed by atoms with Gasteiger partial charge >= 0.3 is 6.18 Å². The number of amides is 1. The van der Waals surface area contributed by atoms with Crippen LogP contribution in [-0.4, -0.2) is 42.1 Å². The number of carbonyl (C=O) groups excluding carboxylic acids is 1. The van der Waals surface area contributed by atoms with Crippen molar-refractivity contribution in [3.63, 3.8) is 0 Å². The largest absolute Gasteiger partial charge is 0.433 e. The topological polar surface area (TPSA) is 78.9 Å². The van der Waals surface area contributed by atoms with E-state index in [2.05, 4.69) is 25.9 Å². The second-order valence-electron chi connectivity index (χ2n) is 4.34. The first-order chi connectivity index (χ1) is 9.47. The fourth-order valence-electron chi connectivity index (χ4n) is 1.58. The molecule has 0 aromatic carbocycles. The number of hydrogen-bond acceptors (Lipinski definition) is 5. The molecule has 0 unspecified atom stereocenters. The van der Waals surface area contributed by atoms with Crippen LogP contribution in [0, 0.1) is 5.92 Å². The van der Waals surface area contributed by atoms with Gasteiger partial charge in [0.1, 0.15) is 5.69 Å². The molecule has 6 nitrogen and oxygen atoms in total. The van der Waals surface area contributed by atoms with E-state index in [0.717, 1.165) is 12.3 Å². The molecule has 0 bridgehead atoms. The number of rotatable bonds is 5. The average molecular weight is 289 g/mol. The molecule has 1 amide bonds. The Balaban J connectivity index is 1.75. The van der Waals surface area contributed by atoms with Crippen molar-refractivity contribution in [2.24, 2.45) is 5.92 Å². The van der Waals surface area contributed by atoms with E-state index >= 15 is 0 Å². The van der Waals surface area contributed by atoms with Gasteiger partial charge in [0.25, 0.3) is 0 Å².